The molecule has 2 atom stereocenters. The van der Waals surface area contributed by atoms with Crippen molar-refractivity contribution in [3.63, 3.8) is 0 Å². The van der Waals surface area contributed by atoms with Gasteiger partial charge in [-0.2, -0.15) is 0 Å². The van der Waals surface area contributed by atoms with Gasteiger partial charge in [0.15, 0.2) is 0 Å². The number of nitrogens with zero attached hydrogens (tertiary/aromatic N) is 2. The quantitative estimate of drug-likeness (QED) is 0.687. The molecule has 1 aromatic heterocycles. The Balaban J connectivity index is 2.04. The third kappa shape index (κ3) is 2.18. The molecule has 0 aliphatic carbocycles. The van der Waals surface area contributed by atoms with Gasteiger partial charge in [-0.3, -0.25) is 15.1 Å². The van der Waals surface area contributed by atoms with Gasteiger partial charge in [0.05, 0.1) is 28.1 Å². The maximum atomic E-state index is 11.1. The number of nitro groups is 1. The van der Waals surface area contributed by atoms with Crippen molar-refractivity contribution in [2.24, 2.45) is 0 Å². The van der Waals surface area contributed by atoms with Gasteiger partial charge in [-0.1, -0.05) is 0 Å². The summed E-state index contributed by atoms with van der Waals surface area (Å²) in [6.07, 6.45) is 2.70. The van der Waals surface area contributed by atoms with Crippen LogP contribution in [0.1, 0.15) is 13.3 Å². The topological polar surface area (TPSA) is 77.3 Å². The van der Waals surface area contributed by atoms with Crippen molar-refractivity contribution in [2.45, 2.75) is 25.5 Å². The van der Waals surface area contributed by atoms with Gasteiger partial charge in [0.2, 0.25) is 0 Å². The van der Waals surface area contributed by atoms with E-state index < -0.39 is 0 Å². The fourth-order valence-corrected chi connectivity index (χ4v) is 2.55. The average molecular weight is 273 g/mol. The first kappa shape index (κ1) is 12.8. The molecule has 6 nitrogen and oxygen atoms in total. The zero-order valence-electron chi connectivity index (χ0n) is 11.1. The van der Waals surface area contributed by atoms with Crippen LogP contribution in [-0.4, -0.2) is 28.7 Å². The molecule has 3 rings (SSSR count). The minimum atomic E-state index is -0.380. The molecule has 2 aromatic rings. The number of anilines is 1. The monoisotopic (exact) mass is 273 g/mol. The Morgan fingerprint density at radius 1 is 1.45 bits per heavy atom. The van der Waals surface area contributed by atoms with E-state index >= 15 is 0 Å². The van der Waals surface area contributed by atoms with E-state index in [1.807, 2.05) is 6.92 Å². The van der Waals surface area contributed by atoms with Crippen LogP contribution in [0, 0.1) is 10.1 Å². The molecule has 1 fully saturated rings. The van der Waals surface area contributed by atoms with Gasteiger partial charge in [0.25, 0.3) is 5.69 Å². The van der Waals surface area contributed by atoms with E-state index in [-0.39, 0.29) is 22.8 Å². The van der Waals surface area contributed by atoms with E-state index in [0.29, 0.717) is 10.9 Å². The highest BCUT2D eigenvalue weighted by atomic mass is 16.6. The maximum Gasteiger partial charge on any atom is 0.278 e. The lowest BCUT2D eigenvalue weighted by atomic mass is 10.1. The first-order chi connectivity index (χ1) is 9.66. The predicted molar refractivity (Wildman–Crippen MR) is 75.8 cm³/mol. The van der Waals surface area contributed by atoms with Crippen molar-refractivity contribution in [2.75, 3.05) is 11.9 Å². The molecule has 0 saturated carbocycles. The van der Waals surface area contributed by atoms with Gasteiger partial charge in [0, 0.05) is 18.9 Å². The van der Waals surface area contributed by atoms with Crippen molar-refractivity contribution in [1.82, 2.24) is 4.98 Å². The number of benzene rings is 1. The number of hydrogen-bond acceptors (Lipinski definition) is 5. The molecule has 2 heterocycles. The molecule has 6 heteroatoms. The Hall–Kier alpha value is -2.21. The molecule has 0 radical (unpaired) electrons. The summed E-state index contributed by atoms with van der Waals surface area (Å²) in [7, 11) is 0. The fraction of sp³-hybridized carbons (Fsp3) is 0.357. The number of nitrogens with one attached hydrogen (secondary N) is 1. The van der Waals surface area contributed by atoms with Gasteiger partial charge < -0.3 is 10.1 Å². The third-order valence-electron chi connectivity index (χ3n) is 3.66. The number of fused-ring (bicyclic) bond motifs is 1. The van der Waals surface area contributed by atoms with E-state index in [1.54, 1.807) is 24.4 Å². The minimum absolute atomic E-state index is 0.0781. The molecule has 20 heavy (non-hydrogen) atoms. The minimum Gasteiger partial charge on any atom is -0.378 e. The number of hydrogen-bond donors (Lipinski definition) is 1. The summed E-state index contributed by atoms with van der Waals surface area (Å²) in [4.78, 5) is 15.0. The number of aromatic nitrogens is 1. The molecule has 0 amide bonds. The van der Waals surface area contributed by atoms with E-state index in [0.717, 1.165) is 18.7 Å². The number of nitro benzene ring substituents is 1. The number of ether oxygens (including phenoxy) is 1. The summed E-state index contributed by atoms with van der Waals surface area (Å²) in [5.74, 6) is 0. The second kappa shape index (κ2) is 5.05. The highest BCUT2D eigenvalue weighted by molar-refractivity contribution is 5.96. The summed E-state index contributed by atoms with van der Waals surface area (Å²) in [5, 5.41) is 15.0. The molecule has 1 N–H and O–H groups in total. The van der Waals surface area contributed by atoms with E-state index in [4.69, 9.17) is 4.74 Å². The van der Waals surface area contributed by atoms with Gasteiger partial charge in [-0.15, -0.1) is 0 Å². The molecule has 1 aromatic carbocycles. The molecular formula is C14H15N3O3. The van der Waals surface area contributed by atoms with Crippen LogP contribution < -0.4 is 5.32 Å². The van der Waals surface area contributed by atoms with Crippen LogP contribution >= 0.6 is 0 Å². The van der Waals surface area contributed by atoms with Gasteiger partial charge in [0.1, 0.15) is 5.52 Å². The summed E-state index contributed by atoms with van der Waals surface area (Å²) in [6.45, 7) is 2.75. The van der Waals surface area contributed by atoms with Crippen molar-refractivity contribution >= 4 is 22.3 Å². The van der Waals surface area contributed by atoms with Crippen LogP contribution in [0.25, 0.3) is 10.9 Å². The van der Waals surface area contributed by atoms with Crippen LogP contribution in [0.15, 0.2) is 30.5 Å². The predicted octanol–water partition coefficient (Wildman–Crippen LogP) is 2.73. The molecule has 0 spiro atoms. The van der Waals surface area contributed by atoms with E-state index in [1.165, 1.54) is 6.07 Å². The molecule has 0 bridgehead atoms. The zero-order chi connectivity index (χ0) is 14.1. The Kier molecular flexibility index (Phi) is 3.23. The van der Waals surface area contributed by atoms with Crippen molar-refractivity contribution in [1.29, 1.82) is 0 Å². The number of rotatable bonds is 3. The Bertz CT molecular complexity index is 659. The Labute approximate surface area is 115 Å². The zero-order valence-corrected chi connectivity index (χ0v) is 11.1. The lowest BCUT2D eigenvalue weighted by Gasteiger charge is -2.18. The maximum absolute atomic E-state index is 11.1. The molecular weight excluding hydrogens is 258 g/mol. The van der Waals surface area contributed by atoms with Crippen LogP contribution in [-0.2, 0) is 4.74 Å². The SMILES string of the molecule is CC1OCCC1Nc1ccc([N+](=O)[O-])c2cccnc12. The highest BCUT2D eigenvalue weighted by Gasteiger charge is 2.25. The van der Waals surface area contributed by atoms with Gasteiger partial charge in [-0.05, 0) is 31.5 Å². The van der Waals surface area contributed by atoms with Crippen molar-refractivity contribution in [3.05, 3.63) is 40.6 Å². The third-order valence-corrected chi connectivity index (χ3v) is 3.66. The lowest BCUT2D eigenvalue weighted by molar-refractivity contribution is -0.383. The standard InChI is InChI=1S/C14H15N3O3/c1-9-11(6-8-20-9)16-12-4-5-13(17(18)19)10-3-2-7-15-14(10)12/h2-5,7,9,11,16H,6,8H2,1H3. The van der Waals surface area contributed by atoms with E-state index in [9.17, 15) is 10.1 Å². The normalized spacial score (nSPS) is 22.1. The Morgan fingerprint density at radius 3 is 3.00 bits per heavy atom. The van der Waals surface area contributed by atoms with Gasteiger partial charge >= 0.3 is 0 Å². The first-order valence-electron chi connectivity index (χ1n) is 6.57. The second-order valence-corrected chi connectivity index (χ2v) is 4.90. The lowest BCUT2D eigenvalue weighted by Crippen LogP contribution is -2.26. The van der Waals surface area contributed by atoms with Crippen LogP contribution in [0.3, 0.4) is 0 Å². The molecule has 1 saturated heterocycles. The summed E-state index contributed by atoms with van der Waals surface area (Å²) in [5.41, 5.74) is 1.52. The van der Waals surface area contributed by atoms with Crippen LogP contribution in [0.2, 0.25) is 0 Å². The smallest absolute Gasteiger partial charge is 0.278 e. The highest BCUT2D eigenvalue weighted by Crippen LogP contribution is 2.31. The molecule has 1 aliphatic rings. The first-order valence-corrected chi connectivity index (χ1v) is 6.57. The Morgan fingerprint density at radius 2 is 2.30 bits per heavy atom. The van der Waals surface area contributed by atoms with Crippen molar-refractivity contribution < 1.29 is 9.66 Å². The molecule has 104 valence electrons. The van der Waals surface area contributed by atoms with Crippen LogP contribution in [0.4, 0.5) is 11.4 Å². The number of non-ortho nitro benzene ring substituents is 1. The molecule has 2 unspecified atom stereocenters. The van der Waals surface area contributed by atoms with Gasteiger partial charge in [-0.25, -0.2) is 0 Å². The van der Waals surface area contributed by atoms with Crippen molar-refractivity contribution in [3.8, 4) is 0 Å². The summed E-state index contributed by atoms with van der Waals surface area (Å²) >= 11 is 0. The fourth-order valence-electron chi connectivity index (χ4n) is 2.55. The molecule has 1 aliphatic heterocycles. The summed E-state index contributed by atoms with van der Waals surface area (Å²) < 4.78 is 5.52. The van der Waals surface area contributed by atoms with E-state index in [2.05, 4.69) is 10.3 Å². The summed E-state index contributed by atoms with van der Waals surface area (Å²) in [6, 6.07) is 6.88. The average Bonchev–Trinajstić information content (AvgIpc) is 2.84. The van der Waals surface area contributed by atoms with Crippen LogP contribution in [0.5, 0.6) is 0 Å². The largest absolute Gasteiger partial charge is 0.378 e. The number of pyridine rings is 1. The second-order valence-electron chi connectivity index (χ2n) is 4.90.